The van der Waals surface area contributed by atoms with Crippen molar-refractivity contribution in [2.75, 3.05) is 0 Å². The fourth-order valence-corrected chi connectivity index (χ4v) is 2.19. The highest BCUT2D eigenvalue weighted by molar-refractivity contribution is 6.32. The van der Waals surface area contributed by atoms with Gasteiger partial charge in [-0.25, -0.2) is 9.37 Å². The van der Waals surface area contributed by atoms with Crippen LogP contribution >= 0.6 is 23.2 Å². The van der Waals surface area contributed by atoms with Gasteiger partial charge in [0.25, 0.3) is 0 Å². The molecule has 0 bridgehead atoms. The molecule has 0 radical (unpaired) electrons. The van der Waals surface area contributed by atoms with E-state index in [2.05, 4.69) is 15.2 Å². The van der Waals surface area contributed by atoms with E-state index < -0.39 is 5.82 Å². The first-order valence-electron chi connectivity index (χ1n) is 5.10. The predicted molar refractivity (Wildman–Crippen MR) is 69.3 cm³/mol. The molecule has 0 fully saturated rings. The number of aromatic nitrogens is 3. The van der Waals surface area contributed by atoms with Gasteiger partial charge in [-0.15, -0.1) is 0 Å². The van der Waals surface area contributed by atoms with Gasteiger partial charge in [-0.2, -0.15) is 5.10 Å². The molecule has 2 aromatic heterocycles. The molecule has 0 spiro atoms. The van der Waals surface area contributed by atoms with Crippen LogP contribution in [0, 0.1) is 5.82 Å². The summed E-state index contributed by atoms with van der Waals surface area (Å²) in [5.74, 6) is -0.568. The van der Waals surface area contributed by atoms with Crippen LogP contribution < -0.4 is 0 Å². The van der Waals surface area contributed by atoms with Gasteiger partial charge in [0.05, 0.1) is 11.2 Å². The number of nitrogens with zero attached hydrogens (tertiary/aromatic N) is 2. The van der Waals surface area contributed by atoms with Gasteiger partial charge in [-0.3, -0.25) is 5.10 Å². The standard InChI is InChI=1S/C12H6Cl2FN3/c13-9-2-1-7-8(6-4-16-17-5-6)3-10(14)18-12(7)11(9)15/h1-5H,(H,16,17). The van der Waals surface area contributed by atoms with Crippen molar-refractivity contribution in [2.24, 2.45) is 0 Å². The number of hydrogen-bond acceptors (Lipinski definition) is 2. The summed E-state index contributed by atoms with van der Waals surface area (Å²) in [7, 11) is 0. The first-order chi connectivity index (χ1) is 8.66. The number of aromatic amines is 1. The molecule has 2 heterocycles. The molecule has 3 aromatic rings. The maximum atomic E-state index is 13.9. The monoisotopic (exact) mass is 281 g/mol. The summed E-state index contributed by atoms with van der Waals surface area (Å²) in [5.41, 5.74) is 1.73. The summed E-state index contributed by atoms with van der Waals surface area (Å²) in [6, 6.07) is 4.88. The SMILES string of the molecule is Fc1c(Cl)ccc2c(-c3cn[nH]c3)cc(Cl)nc12. The molecule has 0 unspecified atom stereocenters. The lowest BCUT2D eigenvalue weighted by Crippen LogP contribution is -1.89. The molecule has 0 aliphatic heterocycles. The molecule has 0 aliphatic carbocycles. The van der Waals surface area contributed by atoms with Gasteiger partial charge in [-0.05, 0) is 17.7 Å². The summed E-state index contributed by atoms with van der Waals surface area (Å²) in [4.78, 5) is 3.98. The topological polar surface area (TPSA) is 41.6 Å². The summed E-state index contributed by atoms with van der Waals surface area (Å²) in [5, 5.41) is 7.44. The van der Waals surface area contributed by atoms with Crippen molar-refractivity contribution in [2.45, 2.75) is 0 Å². The number of hydrogen-bond donors (Lipinski definition) is 1. The Balaban J connectivity index is 2.43. The quantitative estimate of drug-likeness (QED) is 0.683. The van der Waals surface area contributed by atoms with Crippen LogP contribution in [0.15, 0.2) is 30.6 Å². The summed E-state index contributed by atoms with van der Waals surface area (Å²) < 4.78 is 13.9. The van der Waals surface area contributed by atoms with Crippen LogP contribution in [0.2, 0.25) is 10.2 Å². The lowest BCUT2D eigenvalue weighted by molar-refractivity contribution is 0.637. The molecule has 0 saturated heterocycles. The Labute approximate surface area is 112 Å². The fraction of sp³-hybridized carbons (Fsp3) is 0. The number of halogens is 3. The number of rotatable bonds is 1. The van der Waals surface area contributed by atoms with Crippen molar-refractivity contribution in [3.8, 4) is 11.1 Å². The van der Waals surface area contributed by atoms with Crippen LogP contribution in [-0.4, -0.2) is 15.2 Å². The number of H-pyrrole nitrogens is 1. The molecule has 0 atom stereocenters. The number of fused-ring (bicyclic) bond motifs is 1. The lowest BCUT2D eigenvalue weighted by Gasteiger charge is -2.06. The van der Waals surface area contributed by atoms with E-state index in [1.165, 1.54) is 6.07 Å². The Kier molecular flexibility index (Phi) is 2.69. The van der Waals surface area contributed by atoms with Crippen molar-refractivity contribution in [1.82, 2.24) is 15.2 Å². The second-order valence-electron chi connectivity index (χ2n) is 3.74. The number of pyridine rings is 1. The molecular weight excluding hydrogens is 276 g/mol. The van der Waals surface area contributed by atoms with Crippen molar-refractivity contribution in [1.29, 1.82) is 0 Å². The van der Waals surface area contributed by atoms with E-state index in [9.17, 15) is 4.39 Å². The predicted octanol–water partition coefficient (Wildman–Crippen LogP) is 4.07. The summed E-state index contributed by atoms with van der Waals surface area (Å²) in [6.45, 7) is 0. The summed E-state index contributed by atoms with van der Waals surface area (Å²) in [6.07, 6.45) is 3.34. The Morgan fingerprint density at radius 2 is 2.06 bits per heavy atom. The highest BCUT2D eigenvalue weighted by atomic mass is 35.5. The molecule has 0 saturated carbocycles. The minimum absolute atomic E-state index is 0.0235. The molecule has 6 heteroatoms. The first-order valence-corrected chi connectivity index (χ1v) is 5.86. The zero-order valence-electron chi connectivity index (χ0n) is 8.92. The van der Waals surface area contributed by atoms with Gasteiger partial charge in [0.1, 0.15) is 10.7 Å². The Morgan fingerprint density at radius 1 is 1.22 bits per heavy atom. The second kappa shape index (κ2) is 4.23. The Bertz CT molecular complexity index is 726. The maximum absolute atomic E-state index is 13.9. The van der Waals surface area contributed by atoms with Gasteiger partial charge in [-0.1, -0.05) is 29.3 Å². The molecule has 1 N–H and O–H groups in total. The molecule has 3 nitrogen and oxygen atoms in total. The van der Waals surface area contributed by atoms with E-state index >= 15 is 0 Å². The average molecular weight is 282 g/mol. The van der Waals surface area contributed by atoms with Crippen LogP contribution in [0.5, 0.6) is 0 Å². The van der Waals surface area contributed by atoms with Crippen LogP contribution in [-0.2, 0) is 0 Å². The van der Waals surface area contributed by atoms with Gasteiger partial charge >= 0.3 is 0 Å². The van der Waals surface area contributed by atoms with Crippen LogP contribution in [0.3, 0.4) is 0 Å². The zero-order chi connectivity index (χ0) is 12.7. The van der Waals surface area contributed by atoms with Crippen LogP contribution in [0.1, 0.15) is 0 Å². The van der Waals surface area contributed by atoms with Crippen molar-refractivity contribution in [3.63, 3.8) is 0 Å². The first kappa shape index (κ1) is 11.4. The van der Waals surface area contributed by atoms with E-state index in [-0.39, 0.29) is 15.7 Å². The zero-order valence-corrected chi connectivity index (χ0v) is 10.4. The van der Waals surface area contributed by atoms with E-state index in [0.29, 0.717) is 5.39 Å². The highest BCUT2D eigenvalue weighted by Gasteiger charge is 2.13. The Hall–Kier alpha value is -1.65. The van der Waals surface area contributed by atoms with Crippen molar-refractivity contribution in [3.05, 3.63) is 46.6 Å². The third-order valence-electron chi connectivity index (χ3n) is 2.65. The number of benzene rings is 1. The van der Waals surface area contributed by atoms with Crippen LogP contribution in [0.4, 0.5) is 4.39 Å². The molecule has 0 amide bonds. The lowest BCUT2D eigenvalue weighted by atomic mass is 10.0. The number of nitrogens with one attached hydrogen (secondary N) is 1. The minimum atomic E-state index is -0.568. The van der Waals surface area contributed by atoms with E-state index in [1.807, 2.05) is 0 Å². The average Bonchev–Trinajstić information content (AvgIpc) is 2.87. The van der Waals surface area contributed by atoms with Gasteiger partial charge in [0, 0.05) is 17.1 Å². The molecule has 90 valence electrons. The third-order valence-corrected chi connectivity index (χ3v) is 3.14. The highest BCUT2D eigenvalue weighted by Crippen LogP contribution is 2.32. The van der Waals surface area contributed by atoms with E-state index in [4.69, 9.17) is 23.2 Å². The van der Waals surface area contributed by atoms with Crippen molar-refractivity contribution < 1.29 is 4.39 Å². The Morgan fingerprint density at radius 3 is 2.78 bits per heavy atom. The van der Waals surface area contributed by atoms with Crippen LogP contribution in [0.25, 0.3) is 22.0 Å². The van der Waals surface area contributed by atoms with Gasteiger partial charge in [0.15, 0.2) is 5.82 Å². The smallest absolute Gasteiger partial charge is 0.168 e. The van der Waals surface area contributed by atoms with Gasteiger partial charge in [0.2, 0.25) is 0 Å². The van der Waals surface area contributed by atoms with Gasteiger partial charge < -0.3 is 0 Å². The second-order valence-corrected chi connectivity index (χ2v) is 4.53. The summed E-state index contributed by atoms with van der Waals surface area (Å²) >= 11 is 11.7. The molecule has 18 heavy (non-hydrogen) atoms. The largest absolute Gasteiger partial charge is 0.285 e. The molecule has 3 rings (SSSR count). The maximum Gasteiger partial charge on any atom is 0.168 e. The molecule has 0 aliphatic rings. The van der Waals surface area contributed by atoms with E-state index in [1.54, 1.807) is 24.5 Å². The van der Waals surface area contributed by atoms with Crippen molar-refractivity contribution >= 4 is 34.1 Å². The third kappa shape index (κ3) is 1.74. The fourth-order valence-electron chi connectivity index (χ4n) is 1.84. The van der Waals surface area contributed by atoms with E-state index in [0.717, 1.165) is 11.1 Å². The minimum Gasteiger partial charge on any atom is -0.285 e. The molecular formula is C12H6Cl2FN3. The molecule has 1 aromatic carbocycles. The normalized spacial score (nSPS) is 11.1.